The molecule has 4 aromatic rings. The molecule has 3 N–H and O–H groups in total. The molecule has 138 valence electrons. The van der Waals surface area contributed by atoms with Gasteiger partial charge in [-0.15, -0.1) is 12.4 Å². The highest BCUT2D eigenvalue weighted by Crippen LogP contribution is 2.33. The van der Waals surface area contributed by atoms with Crippen molar-refractivity contribution < 1.29 is 9.63 Å². The van der Waals surface area contributed by atoms with Crippen LogP contribution in [0.4, 0.5) is 0 Å². The van der Waals surface area contributed by atoms with Crippen molar-refractivity contribution in [3.05, 3.63) is 83.7 Å². The third kappa shape index (κ3) is 3.85. The van der Waals surface area contributed by atoms with E-state index in [0.717, 1.165) is 33.5 Å². The number of hydrogen-bond acceptors (Lipinski definition) is 5. The van der Waals surface area contributed by atoms with Crippen LogP contribution in [0, 0.1) is 0 Å². The Hall–Kier alpha value is -2.73. The van der Waals surface area contributed by atoms with E-state index in [9.17, 15) is 5.11 Å². The lowest BCUT2D eigenvalue weighted by atomic mass is 9.94. The second-order valence-electron chi connectivity index (χ2n) is 6.20. The molecular formula is C21H20ClN3O2. The first-order valence-corrected chi connectivity index (χ1v) is 8.51. The highest BCUT2D eigenvalue weighted by Gasteiger charge is 2.18. The summed E-state index contributed by atoms with van der Waals surface area (Å²) in [4.78, 5) is 4.43. The van der Waals surface area contributed by atoms with E-state index < -0.39 is 0 Å². The quantitative estimate of drug-likeness (QED) is 0.544. The van der Waals surface area contributed by atoms with Crippen LogP contribution < -0.4 is 5.73 Å². The van der Waals surface area contributed by atoms with Crippen LogP contribution in [-0.2, 0) is 13.0 Å². The molecule has 0 saturated heterocycles. The van der Waals surface area contributed by atoms with Gasteiger partial charge in [-0.3, -0.25) is 4.98 Å². The molecule has 0 radical (unpaired) electrons. The molecule has 6 heteroatoms. The van der Waals surface area contributed by atoms with Crippen molar-refractivity contribution in [2.75, 3.05) is 0 Å². The smallest absolute Gasteiger partial charge is 0.167 e. The molecule has 27 heavy (non-hydrogen) atoms. The van der Waals surface area contributed by atoms with Crippen LogP contribution in [0.2, 0.25) is 0 Å². The first kappa shape index (κ1) is 19.0. The summed E-state index contributed by atoms with van der Waals surface area (Å²) in [5, 5.41) is 14.5. The van der Waals surface area contributed by atoms with Gasteiger partial charge in [-0.2, -0.15) is 0 Å². The number of aliphatic hydroxyl groups excluding tert-OH is 1. The molecule has 2 heterocycles. The summed E-state index contributed by atoms with van der Waals surface area (Å²) in [7, 11) is 0. The van der Waals surface area contributed by atoms with Gasteiger partial charge in [0, 0.05) is 29.1 Å². The number of fused-ring (bicyclic) bond motifs is 1. The van der Waals surface area contributed by atoms with Gasteiger partial charge in [0.1, 0.15) is 5.69 Å². The fraction of sp³-hybridized carbons (Fsp3) is 0.143. The van der Waals surface area contributed by atoms with E-state index in [0.29, 0.717) is 12.1 Å². The lowest BCUT2D eigenvalue weighted by molar-refractivity contribution is 0.276. The van der Waals surface area contributed by atoms with E-state index in [4.69, 9.17) is 10.3 Å². The second kappa shape index (κ2) is 8.31. The number of hydrogen-bond donors (Lipinski definition) is 2. The Bertz CT molecular complexity index is 1050. The molecule has 5 nitrogen and oxygen atoms in total. The van der Waals surface area contributed by atoms with Gasteiger partial charge in [0.25, 0.3) is 0 Å². The van der Waals surface area contributed by atoms with Crippen LogP contribution in [-0.4, -0.2) is 15.2 Å². The van der Waals surface area contributed by atoms with Gasteiger partial charge in [0.2, 0.25) is 0 Å². The molecule has 1 atom stereocenters. The Morgan fingerprint density at radius 3 is 2.52 bits per heavy atom. The SMILES string of the molecule is Cl.N[C@@H](Cc1cccc(CO)n1)c1ccccc1-c1noc2ccccc12. The molecule has 0 aliphatic heterocycles. The number of para-hydroxylation sites is 1. The summed E-state index contributed by atoms with van der Waals surface area (Å²) in [6, 6.07) is 21.1. The van der Waals surface area contributed by atoms with Crippen molar-refractivity contribution >= 4 is 23.4 Å². The molecule has 0 spiro atoms. The third-order valence-corrected chi connectivity index (χ3v) is 4.45. The van der Waals surface area contributed by atoms with Gasteiger partial charge in [0.15, 0.2) is 5.58 Å². The maximum absolute atomic E-state index is 9.27. The van der Waals surface area contributed by atoms with E-state index in [1.54, 1.807) is 6.07 Å². The monoisotopic (exact) mass is 381 g/mol. The predicted molar refractivity (Wildman–Crippen MR) is 107 cm³/mol. The summed E-state index contributed by atoms with van der Waals surface area (Å²) >= 11 is 0. The van der Waals surface area contributed by atoms with Crippen LogP contribution in [0.1, 0.15) is 23.0 Å². The summed E-state index contributed by atoms with van der Waals surface area (Å²) in [5.74, 6) is 0. The van der Waals surface area contributed by atoms with E-state index in [-0.39, 0.29) is 25.1 Å². The molecule has 4 rings (SSSR count). The number of nitrogens with two attached hydrogens (primary N) is 1. The van der Waals surface area contributed by atoms with Gasteiger partial charge in [-0.1, -0.05) is 47.6 Å². The number of benzene rings is 2. The zero-order valence-corrected chi connectivity index (χ0v) is 15.4. The van der Waals surface area contributed by atoms with Crippen molar-refractivity contribution in [1.29, 1.82) is 0 Å². The Kier molecular flexibility index (Phi) is 5.86. The second-order valence-corrected chi connectivity index (χ2v) is 6.20. The lowest BCUT2D eigenvalue weighted by Crippen LogP contribution is -2.15. The van der Waals surface area contributed by atoms with Gasteiger partial charge in [-0.05, 0) is 29.8 Å². The van der Waals surface area contributed by atoms with Crippen molar-refractivity contribution in [2.45, 2.75) is 19.1 Å². The molecule has 0 saturated carbocycles. The van der Waals surface area contributed by atoms with Crippen molar-refractivity contribution in [1.82, 2.24) is 10.1 Å². The number of pyridine rings is 1. The predicted octanol–water partition coefficient (Wildman–Crippen LogP) is 4.05. The standard InChI is InChI=1S/C21H19N3O2.ClH/c22-19(12-14-6-5-7-15(13-25)23-14)16-8-1-2-9-17(16)21-18-10-3-4-11-20(18)26-24-21;/h1-11,19,25H,12-13,22H2;1H/t19-;/m0./s1. The normalized spacial score (nSPS) is 11.9. The molecule has 0 aliphatic carbocycles. The van der Waals surface area contributed by atoms with Crippen molar-refractivity contribution in [2.24, 2.45) is 5.73 Å². The van der Waals surface area contributed by atoms with Gasteiger partial charge >= 0.3 is 0 Å². The van der Waals surface area contributed by atoms with E-state index in [1.807, 2.05) is 60.7 Å². The first-order chi connectivity index (χ1) is 12.8. The summed E-state index contributed by atoms with van der Waals surface area (Å²) < 4.78 is 5.46. The minimum atomic E-state index is -0.247. The molecular weight excluding hydrogens is 362 g/mol. The number of halogens is 1. The third-order valence-electron chi connectivity index (χ3n) is 4.45. The summed E-state index contributed by atoms with van der Waals surface area (Å²) in [6.07, 6.45) is 0.570. The molecule has 0 bridgehead atoms. The average Bonchev–Trinajstić information content (AvgIpc) is 3.12. The highest BCUT2D eigenvalue weighted by molar-refractivity contribution is 5.92. The van der Waals surface area contributed by atoms with E-state index in [2.05, 4.69) is 10.1 Å². The maximum Gasteiger partial charge on any atom is 0.167 e. The Morgan fingerprint density at radius 2 is 1.67 bits per heavy atom. The Morgan fingerprint density at radius 1 is 0.926 bits per heavy atom. The molecule has 0 fully saturated rings. The molecule has 2 aromatic carbocycles. The molecule has 0 amide bonds. The zero-order valence-electron chi connectivity index (χ0n) is 14.6. The highest BCUT2D eigenvalue weighted by atomic mass is 35.5. The number of aliphatic hydroxyl groups is 1. The minimum absolute atomic E-state index is 0. The van der Waals surface area contributed by atoms with Gasteiger partial charge in [0.05, 0.1) is 12.3 Å². The van der Waals surface area contributed by atoms with E-state index >= 15 is 0 Å². The zero-order chi connectivity index (χ0) is 17.9. The van der Waals surface area contributed by atoms with Gasteiger partial charge in [-0.25, -0.2) is 0 Å². The van der Waals surface area contributed by atoms with Crippen LogP contribution in [0.3, 0.4) is 0 Å². The Labute approximate surface area is 163 Å². The maximum atomic E-state index is 9.27. The van der Waals surface area contributed by atoms with Crippen LogP contribution in [0.25, 0.3) is 22.2 Å². The Balaban J connectivity index is 0.00000210. The van der Waals surface area contributed by atoms with Gasteiger partial charge < -0.3 is 15.4 Å². The molecule has 0 unspecified atom stereocenters. The summed E-state index contributed by atoms with van der Waals surface area (Å²) in [6.45, 7) is -0.0788. The van der Waals surface area contributed by atoms with Crippen molar-refractivity contribution in [3.63, 3.8) is 0 Å². The van der Waals surface area contributed by atoms with Crippen LogP contribution >= 0.6 is 12.4 Å². The number of rotatable bonds is 5. The first-order valence-electron chi connectivity index (χ1n) is 8.51. The number of nitrogens with zero attached hydrogens (tertiary/aromatic N) is 2. The van der Waals surface area contributed by atoms with E-state index in [1.165, 1.54) is 0 Å². The number of aromatic nitrogens is 2. The fourth-order valence-electron chi connectivity index (χ4n) is 3.18. The van der Waals surface area contributed by atoms with Crippen LogP contribution in [0.5, 0.6) is 0 Å². The van der Waals surface area contributed by atoms with Crippen LogP contribution in [0.15, 0.2) is 71.3 Å². The van der Waals surface area contributed by atoms with Crippen molar-refractivity contribution in [3.8, 4) is 11.3 Å². The summed E-state index contributed by atoms with van der Waals surface area (Å²) in [5.41, 5.74) is 11.5. The topological polar surface area (TPSA) is 85.2 Å². The molecule has 0 aliphatic rings. The average molecular weight is 382 g/mol. The molecule has 2 aromatic heterocycles. The fourth-order valence-corrected chi connectivity index (χ4v) is 3.18. The minimum Gasteiger partial charge on any atom is -0.390 e. The lowest BCUT2D eigenvalue weighted by Gasteiger charge is -2.15. The largest absolute Gasteiger partial charge is 0.390 e.